The molecule has 0 radical (unpaired) electrons. The van der Waals surface area contributed by atoms with Crippen molar-refractivity contribution < 1.29 is 14.3 Å². The number of carbonyl (C=O) groups is 1. The molecule has 0 aliphatic rings. The van der Waals surface area contributed by atoms with Gasteiger partial charge in [0.2, 0.25) is 0 Å². The summed E-state index contributed by atoms with van der Waals surface area (Å²) in [6, 6.07) is 7.74. The van der Waals surface area contributed by atoms with Gasteiger partial charge >= 0.3 is 5.97 Å². The Morgan fingerprint density at radius 1 is 1.38 bits per heavy atom. The van der Waals surface area contributed by atoms with Gasteiger partial charge in [-0.05, 0) is 38.5 Å². The van der Waals surface area contributed by atoms with Crippen molar-refractivity contribution in [2.24, 2.45) is 0 Å². The molecule has 0 N–H and O–H groups in total. The summed E-state index contributed by atoms with van der Waals surface area (Å²) in [6.07, 6.45) is 0.220. The van der Waals surface area contributed by atoms with Crippen molar-refractivity contribution in [3.63, 3.8) is 0 Å². The van der Waals surface area contributed by atoms with E-state index in [1.807, 2.05) is 45.0 Å². The minimum absolute atomic E-state index is 0.0635. The van der Waals surface area contributed by atoms with Crippen LogP contribution in [0.15, 0.2) is 24.3 Å². The second kappa shape index (κ2) is 6.16. The van der Waals surface area contributed by atoms with E-state index in [1.165, 1.54) is 0 Å². The first kappa shape index (κ1) is 12.6. The van der Waals surface area contributed by atoms with E-state index in [1.54, 1.807) is 0 Å². The Bertz CT molecular complexity index is 345. The number of benzene rings is 1. The second-order valence-corrected chi connectivity index (χ2v) is 3.95. The van der Waals surface area contributed by atoms with Crippen molar-refractivity contribution in [2.45, 2.75) is 33.3 Å². The third-order valence-corrected chi connectivity index (χ3v) is 1.93. The van der Waals surface area contributed by atoms with Gasteiger partial charge in [-0.3, -0.25) is 4.79 Å². The highest BCUT2D eigenvalue weighted by molar-refractivity contribution is 5.69. The standard InChI is InChI=1S/C13H18O3/c1-10(2)16-13(14)7-8-15-12-6-4-5-11(3)9-12/h4-6,9-10H,7-8H2,1-3H3. The molecule has 0 saturated heterocycles. The highest BCUT2D eigenvalue weighted by Gasteiger charge is 2.05. The first-order valence-corrected chi connectivity index (χ1v) is 5.47. The summed E-state index contributed by atoms with van der Waals surface area (Å²) < 4.78 is 10.4. The molecule has 3 heteroatoms. The smallest absolute Gasteiger partial charge is 0.309 e. The van der Waals surface area contributed by atoms with Crippen LogP contribution in [0.1, 0.15) is 25.8 Å². The molecule has 88 valence electrons. The lowest BCUT2D eigenvalue weighted by molar-refractivity contribution is -0.147. The van der Waals surface area contributed by atoms with Gasteiger partial charge in [0.05, 0.1) is 19.1 Å². The molecular formula is C13H18O3. The third-order valence-electron chi connectivity index (χ3n) is 1.93. The third kappa shape index (κ3) is 4.82. The quantitative estimate of drug-likeness (QED) is 0.718. The fourth-order valence-corrected chi connectivity index (χ4v) is 1.28. The van der Waals surface area contributed by atoms with Gasteiger partial charge in [-0.15, -0.1) is 0 Å². The van der Waals surface area contributed by atoms with Gasteiger partial charge in [0.1, 0.15) is 5.75 Å². The molecule has 1 rings (SSSR count). The van der Waals surface area contributed by atoms with Crippen LogP contribution in [-0.2, 0) is 9.53 Å². The lowest BCUT2D eigenvalue weighted by Crippen LogP contribution is -2.14. The second-order valence-electron chi connectivity index (χ2n) is 3.95. The van der Waals surface area contributed by atoms with Crippen molar-refractivity contribution in [1.82, 2.24) is 0 Å². The van der Waals surface area contributed by atoms with Crippen molar-refractivity contribution in [3.8, 4) is 5.75 Å². The van der Waals surface area contributed by atoms with E-state index < -0.39 is 0 Å². The Morgan fingerprint density at radius 3 is 2.75 bits per heavy atom. The van der Waals surface area contributed by atoms with E-state index in [0.717, 1.165) is 11.3 Å². The van der Waals surface area contributed by atoms with Gasteiger partial charge in [0.15, 0.2) is 0 Å². The average Bonchev–Trinajstić information content (AvgIpc) is 2.16. The zero-order valence-corrected chi connectivity index (χ0v) is 10.0. The maximum absolute atomic E-state index is 11.2. The fourth-order valence-electron chi connectivity index (χ4n) is 1.28. The number of hydrogen-bond acceptors (Lipinski definition) is 3. The summed E-state index contributed by atoms with van der Waals surface area (Å²) in [5, 5.41) is 0. The van der Waals surface area contributed by atoms with Gasteiger partial charge in [-0.25, -0.2) is 0 Å². The number of aryl methyl sites for hydroxylation is 1. The van der Waals surface area contributed by atoms with Gasteiger partial charge < -0.3 is 9.47 Å². The molecule has 0 aliphatic heterocycles. The Morgan fingerprint density at radius 2 is 2.12 bits per heavy atom. The summed E-state index contributed by atoms with van der Waals surface area (Å²) >= 11 is 0. The molecule has 0 saturated carbocycles. The van der Waals surface area contributed by atoms with Gasteiger partial charge in [-0.2, -0.15) is 0 Å². The van der Waals surface area contributed by atoms with Crippen LogP contribution in [0, 0.1) is 6.92 Å². The highest BCUT2D eigenvalue weighted by Crippen LogP contribution is 2.12. The number of ether oxygens (including phenoxy) is 2. The van der Waals surface area contributed by atoms with E-state index in [-0.39, 0.29) is 18.5 Å². The Labute approximate surface area is 96.4 Å². The summed E-state index contributed by atoms with van der Waals surface area (Å²) in [4.78, 5) is 11.2. The minimum atomic E-state index is -0.220. The molecule has 3 nitrogen and oxygen atoms in total. The fraction of sp³-hybridized carbons (Fsp3) is 0.462. The van der Waals surface area contributed by atoms with Crippen LogP contribution >= 0.6 is 0 Å². The number of carbonyl (C=O) groups excluding carboxylic acids is 1. The number of esters is 1. The molecule has 0 atom stereocenters. The van der Waals surface area contributed by atoms with E-state index in [2.05, 4.69) is 0 Å². The molecular weight excluding hydrogens is 204 g/mol. The van der Waals surface area contributed by atoms with Gasteiger partial charge in [-0.1, -0.05) is 12.1 Å². The van der Waals surface area contributed by atoms with Crippen LogP contribution < -0.4 is 4.74 Å². The van der Waals surface area contributed by atoms with E-state index in [0.29, 0.717) is 6.61 Å². The maximum Gasteiger partial charge on any atom is 0.309 e. The van der Waals surface area contributed by atoms with E-state index in [4.69, 9.17) is 9.47 Å². The van der Waals surface area contributed by atoms with Crippen LogP contribution in [0.5, 0.6) is 5.75 Å². The average molecular weight is 222 g/mol. The molecule has 0 aliphatic carbocycles. The SMILES string of the molecule is Cc1cccc(OCCC(=O)OC(C)C)c1. The largest absolute Gasteiger partial charge is 0.493 e. The zero-order valence-electron chi connectivity index (χ0n) is 10.0. The highest BCUT2D eigenvalue weighted by atomic mass is 16.5. The zero-order chi connectivity index (χ0) is 12.0. The predicted molar refractivity (Wildman–Crippen MR) is 62.5 cm³/mol. The van der Waals surface area contributed by atoms with Crippen LogP contribution in [0.4, 0.5) is 0 Å². The first-order valence-electron chi connectivity index (χ1n) is 5.47. The van der Waals surface area contributed by atoms with E-state index >= 15 is 0 Å². The Kier molecular flexibility index (Phi) is 4.83. The molecule has 0 fully saturated rings. The summed E-state index contributed by atoms with van der Waals surface area (Å²) in [7, 11) is 0. The van der Waals surface area contributed by atoms with Crippen molar-refractivity contribution >= 4 is 5.97 Å². The van der Waals surface area contributed by atoms with Gasteiger partial charge in [0.25, 0.3) is 0 Å². The lowest BCUT2D eigenvalue weighted by atomic mass is 10.2. The van der Waals surface area contributed by atoms with Gasteiger partial charge in [0, 0.05) is 0 Å². The molecule has 0 bridgehead atoms. The number of rotatable bonds is 5. The molecule has 0 heterocycles. The van der Waals surface area contributed by atoms with Crippen LogP contribution in [0.2, 0.25) is 0 Å². The Balaban J connectivity index is 2.28. The van der Waals surface area contributed by atoms with Crippen molar-refractivity contribution in [2.75, 3.05) is 6.61 Å². The molecule has 16 heavy (non-hydrogen) atoms. The Hall–Kier alpha value is -1.51. The molecule has 1 aromatic carbocycles. The maximum atomic E-state index is 11.2. The summed E-state index contributed by atoms with van der Waals surface area (Å²) in [5.41, 5.74) is 1.14. The lowest BCUT2D eigenvalue weighted by Gasteiger charge is -2.09. The van der Waals surface area contributed by atoms with Crippen LogP contribution in [0.3, 0.4) is 0 Å². The monoisotopic (exact) mass is 222 g/mol. The minimum Gasteiger partial charge on any atom is -0.493 e. The predicted octanol–water partition coefficient (Wildman–Crippen LogP) is 2.72. The van der Waals surface area contributed by atoms with Crippen molar-refractivity contribution in [3.05, 3.63) is 29.8 Å². The van der Waals surface area contributed by atoms with Crippen LogP contribution in [-0.4, -0.2) is 18.7 Å². The summed E-state index contributed by atoms with van der Waals surface area (Å²) in [6.45, 7) is 6.02. The first-order chi connectivity index (χ1) is 7.58. The van der Waals surface area contributed by atoms with E-state index in [9.17, 15) is 4.79 Å². The normalized spacial score (nSPS) is 10.2. The van der Waals surface area contributed by atoms with Crippen LogP contribution in [0.25, 0.3) is 0 Å². The van der Waals surface area contributed by atoms with Crippen molar-refractivity contribution in [1.29, 1.82) is 0 Å². The summed E-state index contributed by atoms with van der Waals surface area (Å²) in [5.74, 6) is 0.569. The molecule has 1 aromatic rings. The topological polar surface area (TPSA) is 35.5 Å². The number of hydrogen-bond donors (Lipinski definition) is 0. The molecule has 0 amide bonds. The molecule has 0 unspecified atom stereocenters. The molecule has 0 aromatic heterocycles. The molecule has 0 spiro atoms.